The van der Waals surface area contributed by atoms with Crippen molar-refractivity contribution in [2.75, 3.05) is 19.6 Å². The predicted molar refractivity (Wildman–Crippen MR) is 87.1 cm³/mol. The van der Waals surface area contributed by atoms with Gasteiger partial charge in [-0.2, -0.15) is 0 Å². The van der Waals surface area contributed by atoms with Gasteiger partial charge in [-0.3, -0.25) is 4.79 Å². The fourth-order valence-electron chi connectivity index (χ4n) is 2.67. The first-order valence-electron chi connectivity index (χ1n) is 6.78. The molecule has 0 radical (unpaired) electrons. The number of fused-ring (bicyclic) bond motifs is 1. The van der Waals surface area contributed by atoms with E-state index >= 15 is 0 Å². The Kier molecular flexibility index (Phi) is 4.86. The molecule has 1 amide bonds. The maximum absolute atomic E-state index is 13.3. The SMILES string of the molecule is Cc1c(C(=O)N2CCNC[C@@H]2C)sc2ccc(F)cc12.Cl. The molecule has 3 rings (SSSR count). The van der Waals surface area contributed by atoms with Crippen LogP contribution in [-0.4, -0.2) is 36.5 Å². The molecule has 1 N–H and O–H groups in total. The monoisotopic (exact) mass is 328 g/mol. The van der Waals surface area contributed by atoms with Gasteiger partial charge in [0.15, 0.2) is 0 Å². The van der Waals surface area contributed by atoms with Gasteiger partial charge in [0, 0.05) is 30.4 Å². The average Bonchev–Trinajstić information content (AvgIpc) is 2.76. The molecule has 1 aromatic carbocycles. The Bertz CT molecular complexity index is 673. The summed E-state index contributed by atoms with van der Waals surface area (Å²) in [5.74, 6) is -0.189. The summed E-state index contributed by atoms with van der Waals surface area (Å²) in [4.78, 5) is 15.3. The molecule has 1 fully saturated rings. The second-order valence-electron chi connectivity index (χ2n) is 5.25. The number of amides is 1. The van der Waals surface area contributed by atoms with Crippen LogP contribution in [0.25, 0.3) is 10.1 Å². The number of benzene rings is 1. The lowest BCUT2D eigenvalue weighted by molar-refractivity contribution is 0.0660. The van der Waals surface area contributed by atoms with Gasteiger partial charge in [0.05, 0.1) is 4.88 Å². The molecular weight excluding hydrogens is 311 g/mol. The van der Waals surface area contributed by atoms with Crippen LogP contribution in [0.2, 0.25) is 0 Å². The zero-order valence-corrected chi connectivity index (χ0v) is 13.6. The van der Waals surface area contributed by atoms with Crippen LogP contribution in [0.1, 0.15) is 22.2 Å². The Balaban J connectivity index is 0.00000161. The van der Waals surface area contributed by atoms with Crippen molar-refractivity contribution in [3.63, 3.8) is 0 Å². The van der Waals surface area contributed by atoms with Crippen LogP contribution >= 0.6 is 23.7 Å². The summed E-state index contributed by atoms with van der Waals surface area (Å²) in [6, 6.07) is 4.90. The number of hydrogen-bond donors (Lipinski definition) is 1. The lowest BCUT2D eigenvalue weighted by atomic mass is 10.1. The number of nitrogens with one attached hydrogen (secondary N) is 1. The van der Waals surface area contributed by atoms with Crippen molar-refractivity contribution >= 4 is 39.7 Å². The van der Waals surface area contributed by atoms with Crippen molar-refractivity contribution in [1.29, 1.82) is 0 Å². The first kappa shape index (κ1) is 16.2. The fourth-order valence-corrected chi connectivity index (χ4v) is 3.82. The topological polar surface area (TPSA) is 32.3 Å². The van der Waals surface area contributed by atoms with Crippen molar-refractivity contribution < 1.29 is 9.18 Å². The van der Waals surface area contributed by atoms with Gasteiger partial charge in [0.1, 0.15) is 5.82 Å². The van der Waals surface area contributed by atoms with E-state index in [9.17, 15) is 9.18 Å². The summed E-state index contributed by atoms with van der Waals surface area (Å²) >= 11 is 1.46. The molecule has 0 aliphatic carbocycles. The fraction of sp³-hybridized carbons (Fsp3) is 0.400. The molecule has 114 valence electrons. The molecule has 6 heteroatoms. The maximum atomic E-state index is 13.3. The normalized spacial score (nSPS) is 18.6. The van der Waals surface area contributed by atoms with Crippen molar-refractivity contribution in [3.05, 3.63) is 34.5 Å². The Morgan fingerprint density at radius 3 is 2.95 bits per heavy atom. The minimum atomic E-state index is -0.257. The minimum absolute atomic E-state index is 0. The molecule has 21 heavy (non-hydrogen) atoms. The first-order chi connectivity index (χ1) is 9.58. The number of rotatable bonds is 1. The summed E-state index contributed by atoms with van der Waals surface area (Å²) < 4.78 is 14.3. The zero-order chi connectivity index (χ0) is 14.3. The third kappa shape index (κ3) is 2.91. The molecule has 1 atom stereocenters. The number of thiophene rings is 1. The Morgan fingerprint density at radius 2 is 2.24 bits per heavy atom. The van der Waals surface area contributed by atoms with Gasteiger partial charge < -0.3 is 10.2 Å². The quantitative estimate of drug-likeness (QED) is 0.872. The summed E-state index contributed by atoms with van der Waals surface area (Å²) in [5, 5.41) is 4.13. The molecule has 0 saturated carbocycles. The Hall–Kier alpha value is -1.17. The number of carbonyl (C=O) groups excluding carboxylic acids is 1. The number of aryl methyl sites for hydroxylation is 1. The first-order valence-corrected chi connectivity index (χ1v) is 7.60. The molecular formula is C15H18ClFN2OS. The standard InChI is InChI=1S/C15H17FN2OS.ClH/c1-9-8-17-5-6-18(9)15(19)14-10(2)12-7-11(16)3-4-13(12)20-14;/h3-4,7,9,17H,5-6,8H2,1-2H3;1H/t9-;/m0./s1. The van der Waals surface area contributed by atoms with E-state index in [4.69, 9.17) is 0 Å². The Morgan fingerprint density at radius 1 is 1.48 bits per heavy atom. The minimum Gasteiger partial charge on any atom is -0.333 e. The molecule has 2 heterocycles. The van der Waals surface area contributed by atoms with Crippen LogP contribution < -0.4 is 5.32 Å². The van der Waals surface area contributed by atoms with E-state index in [2.05, 4.69) is 5.32 Å². The number of nitrogens with zero attached hydrogens (tertiary/aromatic N) is 1. The average molecular weight is 329 g/mol. The number of hydrogen-bond acceptors (Lipinski definition) is 3. The van der Waals surface area contributed by atoms with Gasteiger partial charge in [0.25, 0.3) is 5.91 Å². The summed E-state index contributed by atoms with van der Waals surface area (Å²) in [6.45, 7) is 6.33. The highest BCUT2D eigenvalue weighted by atomic mass is 35.5. The van der Waals surface area contributed by atoms with Crippen LogP contribution in [0.3, 0.4) is 0 Å². The molecule has 1 aliphatic rings. The van der Waals surface area contributed by atoms with E-state index in [1.165, 1.54) is 23.5 Å². The predicted octanol–water partition coefficient (Wildman–Crippen LogP) is 3.20. The second-order valence-corrected chi connectivity index (χ2v) is 6.30. The molecule has 1 saturated heterocycles. The molecule has 0 unspecified atom stereocenters. The van der Waals surface area contributed by atoms with Crippen LogP contribution in [0.4, 0.5) is 4.39 Å². The molecule has 2 aromatic rings. The van der Waals surface area contributed by atoms with Crippen molar-refractivity contribution in [3.8, 4) is 0 Å². The van der Waals surface area contributed by atoms with E-state index in [-0.39, 0.29) is 30.2 Å². The van der Waals surface area contributed by atoms with Gasteiger partial charge in [0.2, 0.25) is 0 Å². The van der Waals surface area contributed by atoms with Crippen molar-refractivity contribution in [2.45, 2.75) is 19.9 Å². The highest BCUT2D eigenvalue weighted by molar-refractivity contribution is 7.21. The third-order valence-corrected chi connectivity index (χ3v) is 5.12. The highest BCUT2D eigenvalue weighted by Crippen LogP contribution is 2.32. The smallest absolute Gasteiger partial charge is 0.264 e. The van der Waals surface area contributed by atoms with Gasteiger partial charge in [-0.25, -0.2) is 4.39 Å². The van der Waals surface area contributed by atoms with E-state index in [0.717, 1.165) is 40.2 Å². The van der Waals surface area contributed by atoms with E-state index < -0.39 is 0 Å². The zero-order valence-electron chi connectivity index (χ0n) is 12.0. The number of carbonyl (C=O) groups is 1. The van der Waals surface area contributed by atoms with Crippen molar-refractivity contribution in [1.82, 2.24) is 10.2 Å². The van der Waals surface area contributed by atoms with Gasteiger partial charge in [-0.15, -0.1) is 23.7 Å². The lowest BCUT2D eigenvalue weighted by Crippen LogP contribution is -2.52. The molecule has 0 spiro atoms. The van der Waals surface area contributed by atoms with E-state index in [0.29, 0.717) is 0 Å². The molecule has 0 bridgehead atoms. The van der Waals surface area contributed by atoms with E-state index in [1.54, 1.807) is 6.07 Å². The second kappa shape index (κ2) is 6.30. The highest BCUT2D eigenvalue weighted by Gasteiger charge is 2.27. The van der Waals surface area contributed by atoms with E-state index in [1.807, 2.05) is 18.7 Å². The molecule has 1 aliphatic heterocycles. The summed E-state index contributed by atoms with van der Waals surface area (Å²) in [7, 11) is 0. The third-order valence-electron chi connectivity index (χ3n) is 3.85. The number of halogens is 2. The van der Waals surface area contributed by atoms with Crippen LogP contribution in [0.15, 0.2) is 18.2 Å². The van der Waals surface area contributed by atoms with Gasteiger partial charge in [-0.05, 0) is 43.0 Å². The maximum Gasteiger partial charge on any atom is 0.264 e. The van der Waals surface area contributed by atoms with Crippen molar-refractivity contribution in [2.24, 2.45) is 0 Å². The largest absolute Gasteiger partial charge is 0.333 e. The number of piperazine rings is 1. The van der Waals surface area contributed by atoms with Gasteiger partial charge in [-0.1, -0.05) is 0 Å². The van der Waals surface area contributed by atoms with Crippen LogP contribution in [0.5, 0.6) is 0 Å². The van der Waals surface area contributed by atoms with Crippen LogP contribution in [-0.2, 0) is 0 Å². The van der Waals surface area contributed by atoms with Crippen LogP contribution in [0, 0.1) is 12.7 Å². The molecule has 1 aromatic heterocycles. The Labute approximate surface area is 133 Å². The molecule has 3 nitrogen and oxygen atoms in total. The summed E-state index contributed by atoms with van der Waals surface area (Å²) in [6.07, 6.45) is 0. The lowest BCUT2D eigenvalue weighted by Gasteiger charge is -2.33. The van der Waals surface area contributed by atoms with Gasteiger partial charge >= 0.3 is 0 Å². The summed E-state index contributed by atoms with van der Waals surface area (Å²) in [5.41, 5.74) is 0.889.